The van der Waals surface area contributed by atoms with Gasteiger partial charge in [-0.1, -0.05) is 6.07 Å². The first kappa shape index (κ1) is 17.0. The SMILES string of the molecule is COc1cc2c(c3oc4c(O)cccc4c(=O)c13)C[C@@H]([C@@](C)(O)CCl)O2. The molecule has 136 valence electrons. The van der Waals surface area contributed by atoms with Crippen molar-refractivity contribution in [2.45, 2.75) is 25.0 Å². The van der Waals surface area contributed by atoms with Crippen molar-refractivity contribution in [2.75, 3.05) is 13.0 Å². The highest BCUT2D eigenvalue weighted by atomic mass is 35.5. The molecule has 3 aromatic rings. The molecule has 7 heteroatoms. The van der Waals surface area contributed by atoms with Crippen LogP contribution in [-0.4, -0.2) is 34.9 Å². The summed E-state index contributed by atoms with van der Waals surface area (Å²) in [5.41, 5.74) is -0.526. The minimum atomic E-state index is -1.25. The topological polar surface area (TPSA) is 89.1 Å². The fourth-order valence-electron chi connectivity index (χ4n) is 3.30. The van der Waals surface area contributed by atoms with Crippen LogP contribution in [0.1, 0.15) is 12.5 Å². The number of fused-ring (bicyclic) bond motifs is 4. The van der Waals surface area contributed by atoms with Crippen LogP contribution in [0.4, 0.5) is 0 Å². The van der Waals surface area contributed by atoms with Crippen LogP contribution in [-0.2, 0) is 6.42 Å². The summed E-state index contributed by atoms with van der Waals surface area (Å²) in [7, 11) is 1.45. The van der Waals surface area contributed by atoms with E-state index in [0.717, 1.165) is 0 Å². The number of benzene rings is 2. The lowest BCUT2D eigenvalue weighted by molar-refractivity contribution is -0.0201. The van der Waals surface area contributed by atoms with Crippen molar-refractivity contribution < 1.29 is 24.1 Å². The lowest BCUT2D eigenvalue weighted by Gasteiger charge is -2.26. The molecule has 0 aliphatic carbocycles. The Morgan fingerprint density at radius 2 is 2.15 bits per heavy atom. The number of alkyl halides is 1. The second kappa shape index (κ2) is 5.79. The standard InChI is InChI=1S/C19H17ClO6/c1-19(23,8-20)14-6-10-12(25-14)7-13(24-2)15-16(22)9-4-3-5-11(21)17(9)26-18(10)15/h3-5,7,14,21,23H,6,8H2,1-2H3/t14-,19-/m0/s1. The molecule has 2 atom stereocenters. The number of para-hydroxylation sites is 1. The summed E-state index contributed by atoms with van der Waals surface area (Å²) in [6, 6.07) is 6.24. The van der Waals surface area contributed by atoms with E-state index in [2.05, 4.69) is 0 Å². The van der Waals surface area contributed by atoms with Crippen molar-refractivity contribution in [3.8, 4) is 17.2 Å². The van der Waals surface area contributed by atoms with Gasteiger partial charge in [-0.2, -0.15) is 0 Å². The van der Waals surface area contributed by atoms with Crippen LogP contribution in [0, 0.1) is 0 Å². The minimum Gasteiger partial charge on any atom is -0.504 e. The Morgan fingerprint density at radius 3 is 2.85 bits per heavy atom. The highest BCUT2D eigenvalue weighted by Crippen LogP contribution is 2.43. The van der Waals surface area contributed by atoms with E-state index in [1.54, 1.807) is 25.1 Å². The third-order valence-electron chi connectivity index (χ3n) is 4.82. The Labute approximate surface area is 153 Å². The maximum Gasteiger partial charge on any atom is 0.204 e. The summed E-state index contributed by atoms with van der Waals surface area (Å²) in [6.07, 6.45) is -0.270. The molecule has 0 saturated carbocycles. The number of phenolic OH excluding ortho intramolecular Hbond substituents is 1. The Hall–Kier alpha value is -2.44. The smallest absolute Gasteiger partial charge is 0.204 e. The summed E-state index contributed by atoms with van der Waals surface area (Å²) < 4.78 is 17.1. The van der Waals surface area contributed by atoms with E-state index < -0.39 is 11.7 Å². The molecule has 6 nitrogen and oxygen atoms in total. The Kier molecular flexibility index (Phi) is 3.78. The first-order valence-corrected chi connectivity index (χ1v) is 8.64. The van der Waals surface area contributed by atoms with Crippen molar-refractivity contribution in [3.05, 3.63) is 40.1 Å². The molecule has 0 saturated heterocycles. The number of aliphatic hydroxyl groups is 1. The zero-order valence-electron chi connectivity index (χ0n) is 14.2. The van der Waals surface area contributed by atoms with Gasteiger partial charge in [0.05, 0.1) is 18.4 Å². The molecule has 1 aromatic heterocycles. The molecule has 26 heavy (non-hydrogen) atoms. The highest BCUT2D eigenvalue weighted by molar-refractivity contribution is 6.18. The van der Waals surface area contributed by atoms with Crippen LogP contribution in [0.25, 0.3) is 21.9 Å². The van der Waals surface area contributed by atoms with E-state index in [1.165, 1.54) is 13.2 Å². The predicted octanol–water partition coefficient (Wildman–Crippen LogP) is 2.95. The normalized spacial score (nSPS) is 18.5. The largest absolute Gasteiger partial charge is 0.504 e. The summed E-state index contributed by atoms with van der Waals surface area (Å²) in [5, 5.41) is 21.1. The van der Waals surface area contributed by atoms with Gasteiger partial charge in [0.2, 0.25) is 5.43 Å². The lowest BCUT2D eigenvalue weighted by atomic mass is 9.96. The summed E-state index contributed by atoms with van der Waals surface area (Å²) in [5.74, 6) is 0.641. The van der Waals surface area contributed by atoms with Crippen LogP contribution < -0.4 is 14.9 Å². The van der Waals surface area contributed by atoms with E-state index >= 15 is 0 Å². The van der Waals surface area contributed by atoms with E-state index in [0.29, 0.717) is 23.5 Å². The van der Waals surface area contributed by atoms with Gasteiger partial charge in [0.15, 0.2) is 11.3 Å². The number of halogens is 1. The molecule has 2 N–H and O–H groups in total. The maximum atomic E-state index is 13.0. The fourth-order valence-corrected chi connectivity index (χ4v) is 3.47. The van der Waals surface area contributed by atoms with Crippen molar-refractivity contribution in [1.29, 1.82) is 0 Å². The highest BCUT2D eigenvalue weighted by Gasteiger charge is 2.40. The van der Waals surface area contributed by atoms with Gasteiger partial charge in [0.1, 0.15) is 34.2 Å². The number of phenols is 1. The number of methoxy groups -OCH3 is 1. The third kappa shape index (κ3) is 2.33. The van der Waals surface area contributed by atoms with E-state index in [4.69, 9.17) is 25.5 Å². The average Bonchev–Trinajstić information content (AvgIpc) is 3.07. The van der Waals surface area contributed by atoms with Gasteiger partial charge in [-0.15, -0.1) is 11.6 Å². The monoisotopic (exact) mass is 376 g/mol. The van der Waals surface area contributed by atoms with Gasteiger partial charge in [0, 0.05) is 18.1 Å². The molecule has 0 radical (unpaired) electrons. The molecule has 0 fully saturated rings. The molecule has 0 spiro atoms. The van der Waals surface area contributed by atoms with Crippen LogP contribution in [0.5, 0.6) is 17.2 Å². The number of aromatic hydroxyl groups is 1. The van der Waals surface area contributed by atoms with Crippen molar-refractivity contribution in [2.24, 2.45) is 0 Å². The molecular formula is C19H17ClO6. The van der Waals surface area contributed by atoms with Gasteiger partial charge in [0.25, 0.3) is 0 Å². The number of hydrogen-bond acceptors (Lipinski definition) is 6. The maximum absolute atomic E-state index is 13.0. The quantitative estimate of drug-likeness (QED) is 0.539. The van der Waals surface area contributed by atoms with Gasteiger partial charge >= 0.3 is 0 Å². The van der Waals surface area contributed by atoms with E-state index in [9.17, 15) is 15.0 Å². The number of ether oxygens (including phenoxy) is 2. The second-order valence-electron chi connectivity index (χ2n) is 6.65. The summed E-state index contributed by atoms with van der Waals surface area (Å²) in [4.78, 5) is 13.0. The first-order valence-electron chi connectivity index (χ1n) is 8.10. The zero-order valence-corrected chi connectivity index (χ0v) is 15.0. The van der Waals surface area contributed by atoms with E-state index in [1.807, 2.05) is 0 Å². The van der Waals surface area contributed by atoms with Gasteiger partial charge in [-0.3, -0.25) is 4.79 Å². The molecule has 2 aromatic carbocycles. The van der Waals surface area contributed by atoms with Crippen LogP contribution in [0.3, 0.4) is 0 Å². The average molecular weight is 377 g/mol. The zero-order chi connectivity index (χ0) is 18.6. The van der Waals surface area contributed by atoms with Crippen molar-refractivity contribution in [1.82, 2.24) is 0 Å². The lowest BCUT2D eigenvalue weighted by Crippen LogP contribution is -2.44. The number of hydrogen-bond donors (Lipinski definition) is 2. The molecule has 0 bridgehead atoms. The van der Waals surface area contributed by atoms with Gasteiger partial charge in [-0.05, 0) is 19.1 Å². The molecule has 2 heterocycles. The fraction of sp³-hybridized carbons (Fsp3) is 0.316. The third-order valence-corrected chi connectivity index (χ3v) is 5.36. The number of rotatable bonds is 3. The summed E-state index contributed by atoms with van der Waals surface area (Å²) in [6.45, 7) is 1.59. The Balaban J connectivity index is 2.06. The second-order valence-corrected chi connectivity index (χ2v) is 6.91. The molecule has 0 amide bonds. The van der Waals surface area contributed by atoms with Crippen LogP contribution >= 0.6 is 11.6 Å². The molecular weight excluding hydrogens is 360 g/mol. The molecule has 1 aliphatic rings. The molecule has 0 unspecified atom stereocenters. The first-order chi connectivity index (χ1) is 12.4. The predicted molar refractivity (Wildman–Crippen MR) is 97.7 cm³/mol. The minimum absolute atomic E-state index is 0.00557. The Bertz CT molecular complexity index is 1090. The Morgan fingerprint density at radius 1 is 1.38 bits per heavy atom. The van der Waals surface area contributed by atoms with Gasteiger partial charge < -0.3 is 24.1 Å². The molecule has 4 rings (SSSR count). The van der Waals surface area contributed by atoms with E-state index in [-0.39, 0.29) is 39.0 Å². The van der Waals surface area contributed by atoms with Crippen molar-refractivity contribution >= 4 is 33.5 Å². The van der Waals surface area contributed by atoms with Crippen molar-refractivity contribution in [3.63, 3.8) is 0 Å². The summed E-state index contributed by atoms with van der Waals surface area (Å²) >= 11 is 5.86. The van der Waals surface area contributed by atoms with Crippen LogP contribution in [0.15, 0.2) is 33.5 Å². The molecule has 1 aliphatic heterocycles. The van der Waals surface area contributed by atoms with Gasteiger partial charge in [-0.25, -0.2) is 0 Å². The van der Waals surface area contributed by atoms with Crippen LogP contribution in [0.2, 0.25) is 0 Å².